The van der Waals surface area contributed by atoms with Crippen LogP contribution in [0.1, 0.15) is 34.3 Å². The van der Waals surface area contributed by atoms with E-state index in [1.807, 2.05) is 0 Å². The molecule has 1 N–H and O–H groups in total. The average Bonchev–Trinajstić information content (AvgIpc) is 2.63. The molecule has 9 heteroatoms. The van der Waals surface area contributed by atoms with Gasteiger partial charge in [0.25, 0.3) is 11.6 Å². The first kappa shape index (κ1) is 19.8. The summed E-state index contributed by atoms with van der Waals surface area (Å²) < 4.78 is 26.0. The van der Waals surface area contributed by atoms with Gasteiger partial charge in [0, 0.05) is 29.9 Å². The van der Waals surface area contributed by atoms with Gasteiger partial charge >= 0.3 is 0 Å². The Morgan fingerprint density at radius 2 is 1.86 bits per heavy atom. The van der Waals surface area contributed by atoms with Crippen molar-refractivity contribution in [2.75, 3.05) is 21.9 Å². The number of carbonyl (C=O) groups is 1. The summed E-state index contributed by atoms with van der Waals surface area (Å²) in [7, 11) is -3.32. The molecular formula is C19H21N3O5S. The standard InChI is InChI=1S/C19H21N3O5S/c1-13-12-16(22(24)25)6-7-17(13)20-19(23)15-5-8-18(14(2)11-15)21-9-3-4-10-28(21,26)27/h5-8,11-12H,3-4,9-10H2,1-2H3,(H,20,23). The molecule has 148 valence electrons. The smallest absolute Gasteiger partial charge is 0.269 e. The fraction of sp³-hybridized carbons (Fsp3) is 0.316. The maximum atomic E-state index is 12.6. The third kappa shape index (κ3) is 3.99. The van der Waals surface area contributed by atoms with E-state index in [4.69, 9.17) is 0 Å². The van der Waals surface area contributed by atoms with E-state index in [9.17, 15) is 23.3 Å². The Balaban J connectivity index is 1.82. The van der Waals surface area contributed by atoms with E-state index in [-0.39, 0.29) is 17.3 Å². The first-order chi connectivity index (χ1) is 13.2. The second-order valence-electron chi connectivity index (χ2n) is 6.81. The zero-order chi connectivity index (χ0) is 20.5. The van der Waals surface area contributed by atoms with Crippen molar-refractivity contribution in [2.45, 2.75) is 26.7 Å². The molecule has 0 radical (unpaired) electrons. The molecule has 0 saturated carbocycles. The summed E-state index contributed by atoms with van der Waals surface area (Å²) in [5, 5.41) is 13.6. The SMILES string of the molecule is Cc1cc([N+](=O)[O-])ccc1NC(=O)c1ccc(N2CCCCS2(=O)=O)c(C)c1. The molecule has 1 aliphatic heterocycles. The van der Waals surface area contributed by atoms with Gasteiger partial charge in [-0.05, 0) is 62.1 Å². The van der Waals surface area contributed by atoms with Crippen molar-refractivity contribution in [1.82, 2.24) is 0 Å². The number of nitrogens with zero attached hydrogens (tertiary/aromatic N) is 2. The highest BCUT2D eigenvalue weighted by molar-refractivity contribution is 7.92. The van der Waals surface area contributed by atoms with Crippen LogP contribution in [0.3, 0.4) is 0 Å². The summed E-state index contributed by atoms with van der Waals surface area (Å²) in [6.07, 6.45) is 1.47. The minimum Gasteiger partial charge on any atom is -0.322 e. The Labute approximate surface area is 163 Å². The third-order valence-electron chi connectivity index (χ3n) is 4.75. The van der Waals surface area contributed by atoms with Crippen LogP contribution in [0.4, 0.5) is 17.1 Å². The number of benzene rings is 2. The van der Waals surface area contributed by atoms with E-state index < -0.39 is 14.9 Å². The normalized spacial score (nSPS) is 15.9. The molecule has 0 unspecified atom stereocenters. The first-order valence-electron chi connectivity index (χ1n) is 8.86. The van der Waals surface area contributed by atoms with Gasteiger partial charge in [0.15, 0.2) is 0 Å². The Morgan fingerprint density at radius 1 is 1.11 bits per heavy atom. The summed E-state index contributed by atoms with van der Waals surface area (Å²) >= 11 is 0. The number of hydrogen-bond acceptors (Lipinski definition) is 5. The number of aryl methyl sites for hydroxylation is 2. The number of nitro benzene ring substituents is 1. The second kappa shape index (κ2) is 7.59. The molecule has 1 saturated heterocycles. The van der Waals surface area contributed by atoms with Gasteiger partial charge in [-0.1, -0.05) is 0 Å². The van der Waals surface area contributed by atoms with Crippen LogP contribution < -0.4 is 9.62 Å². The summed E-state index contributed by atoms with van der Waals surface area (Å²) in [6, 6.07) is 9.10. The van der Waals surface area contributed by atoms with Gasteiger partial charge in [0.1, 0.15) is 0 Å². The summed E-state index contributed by atoms with van der Waals surface area (Å²) in [5.41, 5.74) is 2.68. The van der Waals surface area contributed by atoms with Gasteiger partial charge < -0.3 is 5.32 Å². The van der Waals surface area contributed by atoms with Crippen molar-refractivity contribution in [1.29, 1.82) is 0 Å². The van der Waals surface area contributed by atoms with Crippen LogP contribution in [0.5, 0.6) is 0 Å². The van der Waals surface area contributed by atoms with Gasteiger partial charge in [0.2, 0.25) is 10.0 Å². The van der Waals surface area contributed by atoms with E-state index in [0.29, 0.717) is 41.0 Å². The Kier molecular flexibility index (Phi) is 5.37. The van der Waals surface area contributed by atoms with E-state index in [2.05, 4.69) is 5.32 Å². The molecule has 1 fully saturated rings. The summed E-state index contributed by atoms with van der Waals surface area (Å²) in [5.74, 6) is -0.234. The zero-order valence-corrected chi connectivity index (χ0v) is 16.5. The number of nitrogens with one attached hydrogen (secondary N) is 1. The largest absolute Gasteiger partial charge is 0.322 e. The molecule has 3 rings (SSSR count). The molecule has 1 amide bonds. The fourth-order valence-corrected chi connectivity index (χ4v) is 4.93. The number of anilines is 2. The molecule has 28 heavy (non-hydrogen) atoms. The highest BCUT2D eigenvalue weighted by Crippen LogP contribution is 2.28. The molecule has 1 aliphatic rings. The zero-order valence-electron chi connectivity index (χ0n) is 15.6. The van der Waals surface area contributed by atoms with Crippen molar-refractivity contribution in [2.24, 2.45) is 0 Å². The maximum absolute atomic E-state index is 12.6. The quantitative estimate of drug-likeness (QED) is 0.621. The number of nitro groups is 1. The molecule has 0 bridgehead atoms. The molecule has 0 aromatic heterocycles. The van der Waals surface area contributed by atoms with Crippen LogP contribution in [0.2, 0.25) is 0 Å². The molecular weight excluding hydrogens is 382 g/mol. The van der Waals surface area contributed by atoms with E-state index in [1.54, 1.807) is 32.0 Å². The van der Waals surface area contributed by atoms with Crippen LogP contribution in [-0.2, 0) is 10.0 Å². The van der Waals surface area contributed by atoms with Gasteiger partial charge in [0.05, 0.1) is 16.4 Å². The van der Waals surface area contributed by atoms with E-state index in [0.717, 1.165) is 6.42 Å². The molecule has 1 heterocycles. The van der Waals surface area contributed by atoms with Crippen molar-refractivity contribution in [3.05, 3.63) is 63.2 Å². The topological polar surface area (TPSA) is 110 Å². The number of hydrogen-bond donors (Lipinski definition) is 1. The lowest BCUT2D eigenvalue weighted by atomic mass is 10.1. The second-order valence-corrected chi connectivity index (χ2v) is 8.82. The molecule has 0 spiro atoms. The highest BCUT2D eigenvalue weighted by Gasteiger charge is 2.27. The van der Waals surface area contributed by atoms with Crippen molar-refractivity contribution in [3.63, 3.8) is 0 Å². The number of sulfonamides is 1. The van der Waals surface area contributed by atoms with E-state index >= 15 is 0 Å². The van der Waals surface area contributed by atoms with Crippen molar-refractivity contribution < 1.29 is 18.1 Å². The van der Waals surface area contributed by atoms with Gasteiger partial charge in [-0.2, -0.15) is 0 Å². The monoisotopic (exact) mass is 403 g/mol. The van der Waals surface area contributed by atoms with Crippen LogP contribution >= 0.6 is 0 Å². The number of non-ortho nitro benzene ring substituents is 1. The predicted octanol–water partition coefficient (Wildman–Crippen LogP) is 3.39. The van der Waals surface area contributed by atoms with E-state index in [1.165, 1.54) is 22.5 Å². The third-order valence-corrected chi connectivity index (χ3v) is 6.60. The molecule has 0 atom stereocenters. The number of rotatable bonds is 4. The summed E-state index contributed by atoms with van der Waals surface area (Å²) in [6.45, 7) is 3.89. The average molecular weight is 403 g/mol. The summed E-state index contributed by atoms with van der Waals surface area (Å²) in [4.78, 5) is 22.9. The van der Waals surface area contributed by atoms with Crippen LogP contribution in [0.15, 0.2) is 36.4 Å². The Hall–Kier alpha value is -2.94. The highest BCUT2D eigenvalue weighted by atomic mass is 32.2. The van der Waals surface area contributed by atoms with Gasteiger partial charge in [-0.15, -0.1) is 0 Å². The van der Waals surface area contributed by atoms with Crippen molar-refractivity contribution in [3.8, 4) is 0 Å². The molecule has 0 aliphatic carbocycles. The minimum atomic E-state index is -3.32. The lowest BCUT2D eigenvalue weighted by molar-refractivity contribution is -0.384. The van der Waals surface area contributed by atoms with Gasteiger partial charge in [-0.25, -0.2) is 8.42 Å². The number of carbonyl (C=O) groups excluding carboxylic acids is 1. The fourth-order valence-electron chi connectivity index (χ4n) is 3.23. The lowest BCUT2D eigenvalue weighted by Gasteiger charge is -2.29. The predicted molar refractivity (Wildman–Crippen MR) is 107 cm³/mol. The maximum Gasteiger partial charge on any atom is 0.269 e. The van der Waals surface area contributed by atoms with Crippen LogP contribution in [0, 0.1) is 24.0 Å². The first-order valence-corrected chi connectivity index (χ1v) is 10.5. The lowest BCUT2D eigenvalue weighted by Crippen LogP contribution is -2.38. The molecule has 8 nitrogen and oxygen atoms in total. The van der Waals surface area contributed by atoms with Crippen LogP contribution in [-0.4, -0.2) is 31.5 Å². The minimum absolute atomic E-state index is 0.0431. The van der Waals surface area contributed by atoms with Crippen molar-refractivity contribution >= 4 is 33.0 Å². The Bertz CT molecular complexity index is 1050. The molecule has 2 aromatic carbocycles. The van der Waals surface area contributed by atoms with Crippen LogP contribution in [0.25, 0.3) is 0 Å². The Morgan fingerprint density at radius 3 is 2.46 bits per heavy atom. The number of amides is 1. The van der Waals surface area contributed by atoms with Gasteiger partial charge in [-0.3, -0.25) is 19.2 Å². The molecule has 2 aromatic rings.